The predicted octanol–water partition coefficient (Wildman–Crippen LogP) is 2.48. The fourth-order valence-corrected chi connectivity index (χ4v) is 2.00. The van der Waals surface area contributed by atoms with Crippen LogP contribution in [0.25, 0.3) is 0 Å². The summed E-state index contributed by atoms with van der Waals surface area (Å²) in [7, 11) is 0.643. The quantitative estimate of drug-likeness (QED) is 0.519. The van der Waals surface area contributed by atoms with E-state index in [4.69, 9.17) is 4.52 Å². The van der Waals surface area contributed by atoms with E-state index in [2.05, 4.69) is 25.1 Å². The summed E-state index contributed by atoms with van der Waals surface area (Å²) < 4.78 is 5.38. The van der Waals surface area contributed by atoms with Crippen LogP contribution in [0.5, 0.6) is 5.75 Å². The topological polar surface area (TPSA) is 9.23 Å². The number of aryl methyl sites for hydroxylation is 1. The van der Waals surface area contributed by atoms with Crippen LogP contribution in [0.1, 0.15) is 11.1 Å². The van der Waals surface area contributed by atoms with Crippen molar-refractivity contribution in [1.29, 1.82) is 0 Å². The Morgan fingerprint density at radius 1 is 1.50 bits per heavy atom. The fourth-order valence-electron chi connectivity index (χ4n) is 1.14. The van der Waals surface area contributed by atoms with E-state index in [1.165, 1.54) is 11.1 Å². The molecule has 52 valence electrons. The van der Waals surface area contributed by atoms with Gasteiger partial charge in [0.15, 0.2) is 0 Å². The zero-order valence-corrected chi connectivity index (χ0v) is 6.85. The SMILES string of the molecule is Cc1ccc2c(c1)CPO2. The molecule has 0 spiro atoms. The first kappa shape index (κ1) is 6.18. The van der Waals surface area contributed by atoms with Crippen LogP contribution in [0.15, 0.2) is 18.2 Å². The van der Waals surface area contributed by atoms with Gasteiger partial charge in [0, 0.05) is 11.7 Å². The van der Waals surface area contributed by atoms with Gasteiger partial charge < -0.3 is 4.52 Å². The molecule has 1 unspecified atom stereocenters. The number of hydrogen-bond acceptors (Lipinski definition) is 1. The monoisotopic (exact) mass is 152 g/mol. The average Bonchev–Trinajstić information content (AvgIpc) is 2.33. The van der Waals surface area contributed by atoms with E-state index >= 15 is 0 Å². The maximum Gasteiger partial charge on any atom is 0.126 e. The lowest BCUT2D eigenvalue weighted by molar-refractivity contribution is 0.647. The molecule has 0 aromatic heterocycles. The molecule has 10 heavy (non-hydrogen) atoms. The minimum atomic E-state index is 0.643. The number of benzene rings is 1. The van der Waals surface area contributed by atoms with Crippen molar-refractivity contribution in [3.63, 3.8) is 0 Å². The Hall–Kier alpha value is -0.550. The maximum absolute atomic E-state index is 5.38. The molecular formula is C8H9OP. The van der Waals surface area contributed by atoms with Crippen molar-refractivity contribution in [1.82, 2.24) is 0 Å². The molecule has 2 heteroatoms. The van der Waals surface area contributed by atoms with Gasteiger partial charge in [-0.2, -0.15) is 0 Å². The first-order valence-corrected chi connectivity index (χ1v) is 4.47. The summed E-state index contributed by atoms with van der Waals surface area (Å²) in [4.78, 5) is 0. The van der Waals surface area contributed by atoms with Crippen molar-refractivity contribution in [2.75, 3.05) is 0 Å². The van der Waals surface area contributed by atoms with Gasteiger partial charge in [0.05, 0.1) is 8.81 Å². The Morgan fingerprint density at radius 3 is 3.30 bits per heavy atom. The summed E-state index contributed by atoms with van der Waals surface area (Å²) in [6.07, 6.45) is 1.11. The third kappa shape index (κ3) is 0.911. The number of hydrogen-bond donors (Lipinski definition) is 0. The predicted molar refractivity (Wildman–Crippen MR) is 43.8 cm³/mol. The largest absolute Gasteiger partial charge is 0.477 e. The van der Waals surface area contributed by atoms with Gasteiger partial charge in [-0.1, -0.05) is 17.7 Å². The Bertz CT molecular complexity index is 257. The van der Waals surface area contributed by atoms with Crippen LogP contribution >= 0.6 is 8.81 Å². The van der Waals surface area contributed by atoms with Crippen LogP contribution in [-0.4, -0.2) is 0 Å². The summed E-state index contributed by atoms with van der Waals surface area (Å²) in [5, 5.41) is 0. The summed E-state index contributed by atoms with van der Waals surface area (Å²) in [6.45, 7) is 2.11. The molecule has 1 aromatic rings. The molecule has 1 atom stereocenters. The van der Waals surface area contributed by atoms with E-state index in [0.717, 1.165) is 11.9 Å². The lowest BCUT2D eigenvalue weighted by Gasteiger charge is -1.97. The smallest absolute Gasteiger partial charge is 0.126 e. The zero-order chi connectivity index (χ0) is 6.97. The van der Waals surface area contributed by atoms with Gasteiger partial charge in [-0.15, -0.1) is 0 Å². The van der Waals surface area contributed by atoms with Crippen LogP contribution in [0.2, 0.25) is 0 Å². The van der Waals surface area contributed by atoms with Crippen molar-refractivity contribution in [3.8, 4) is 5.75 Å². The second kappa shape index (κ2) is 2.25. The highest BCUT2D eigenvalue weighted by molar-refractivity contribution is 7.32. The molecule has 1 aromatic carbocycles. The molecule has 0 saturated heterocycles. The molecule has 1 nitrogen and oxygen atoms in total. The van der Waals surface area contributed by atoms with E-state index in [9.17, 15) is 0 Å². The number of fused-ring (bicyclic) bond motifs is 1. The number of rotatable bonds is 0. The Labute approximate surface area is 62.3 Å². The van der Waals surface area contributed by atoms with Crippen LogP contribution in [0, 0.1) is 6.92 Å². The average molecular weight is 152 g/mol. The summed E-state index contributed by atoms with van der Waals surface area (Å²) in [5.74, 6) is 1.09. The molecule has 0 amide bonds. The second-order valence-electron chi connectivity index (χ2n) is 2.53. The van der Waals surface area contributed by atoms with Gasteiger partial charge in [-0.25, -0.2) is 0 Å². The molecule has 0 saturated carbocycles. The van der Waals surface area contributed by atoms with Crippen LogP contribution < -0.4 is 4.52 Å². The van der Waals surface area contributed by atoms with Gasteiger partial charge in [-0.05, 0) is 13.0 Å². The summed E-state index contributed by atoms with van der Waals surface area (Å²) in [5.41, 5.74) is 2.70. The Kier molecular flexibility index (Phi) is 1.39. The van der Waals surface area contributed by atoms with Crippen molar-refractivity contribution in [2.24, 2.45) is 0 Å². The molecule has 0 bridgehead atoms. The summed E-state index contributed by atoms with van der Waals surface area (Å²) >= 11 is 0. The minimum Gasteiger partial charge on any atom is -0.477 e. The van der Waals surface area contributed by atoms with Gasteiger partial charge in [0.2, 0.25) is 0 Å². The van der Waals surface area contributed by atoms with Gasteiger partial charge in [0.1, 0.15) is 5.75 Å². The van der Waals surface area contributed by atoms with E-state index < -0.39 is 0 Å². The van der Waals surface area contributed by atoms with E-state index in [1.807, 2.05) is 0 Å². The third-order valence-electron chi connectivity index (χ3n) is 1.66. The molecule has 0 N–H and O–H groups in total. The van der Waals surface area contributed by atoms with Crippen molar-refractivity contribution >= 4 is 8.81 Å². The molecule has 1 heterocycles. The standard InChI is InChI=1S/C8H9OP/c1-6-2-3-8-7(4-6)5-10-9-8/h2-4,10H,5H2,1H3. The minimum absolute atomic E-state index is 0.643. The van der Waals surface area contributed by atoms with Crippen molar-refractivity contribution in [3.05, 3.63) is 29.3 Å². The van der Waals surface area contributed by atoms with Crippen LogP contribution in [-0.2, 0) is 6.16 Å². The molecule has 0 aliphatic carbocycles. The highest BCUT2D eigenvalue weighted by Crippen LogP contribution is 2.37. The maximum atomic E-state index is 5.38. The van der Waals surface area contributed by atoms with E-state index in [-0.39, 0.29) is 0 Å². The van der Waals surface area contributed by atoms with Gasteiger partial charge in [-0.3, -0.25) is 0 Å². The van der Waals surface area contributed by atoms with Crippen molar-refractivity contribution in [2.45, 2.75) is 13.1 Å². The first-order chi connectivity index (χ1) is 4.86. The highest BCUT2D eigenvalue weighted by atomic mass is 31.1. The molecule has 1 aliphatic rings. The highest BCUT2D eigenvalue weighted by Gasteiger charge is 2.10. The molecule has 0 radical (unpaired) electrons. The summed E-state index contributed by atoms with van der Waals surface area (Å²) in [6, 6.07) is 6.36. The fraction of sp³-hybridized carbons (Fsp3) is 0.250. The van der Waals surface area contributed by atoms with Crippen LogP contribution in [0.3, 0.4) is 0 Å². The Balaban J connectivity index is 2.52. The van der Waals surface area contributed by atoms with Crippen molar-refractivity contribution < 1.29 is 4.52 Å². The van der Waals surface area contributed by atoms with E-state index in [1.54, 1.807) is 0 Å². The molecule has 0 fully saturated rings. The van der Waals surface area contributed by atoms with Gasteiger partial charge in [0.25, 0.3) is 0 Å². The van der Waals surface area contributed by atoms with Gasteiger partial charge >= 0.3 is 0 Å². The van der Waals surface area contributed by atoms with E-state index in [0.29, 0.717) is 8.81 Å². The van der Waals surface area contributed by atoms with Crippen LogP contribution in [0.4, 0.5) is 0 Å². The molecular weight excluding hydrogens is 143 g/mol. The molecule has 2 rings (SSSR count). The first-order valence-electron chi connectivity index (χ1n) is 3.35. The lowest BCUT2D eigenvalue weighted by Crippen LogP contribution is -1.77. The lowest BCUT2D eigenvalue weighted by atomic mass is 10.1. The zero-order valence-electron chi connectivity index (χ0n) is 5.85. The second-order valence-corrected chi connectivity index (χ2v) is 3.38. The normalized spacial score (nSPS) is 16.9. The Morgan fingerprint density at radius 2 is 2.40 bits per heavy atom. The molecule has 1 aliphatic heterocycles. The third-order valence-corrected chi connectivity index (χ3v) is 2.55.